The molecule has 0 bridgehead atoms. The van der Waals surface area contributed by atoms with E-state index in [2.05, 4.69) is 0 Å². The van der Waals surface area contributed by atoms with Crippen LogP contribution in [0.5, 0.6) is 0 Å². The van der Waals surface area contributed by atoms with Gasteiger partial charge in [-0.15, -0.1) is 0 Å². The molecule has 2 unspecified atom stereocenters. The molecule has 0 aromatic heterocycles. The number of nitrogens with zero attached hydrogens (tertiary/aromatic N) is 1. The largest absolute Gasteiger partial charge is 0.392 e. The normalized spacial score (nSPS) is 24.4. The van der Waals surface area contributed by atoms with Crippen LogP contribution in [-0.4, -0.2) is 41.5 Å². The third kappa shape index (κ3) is 4.11. The SMILES string of the molecule is CC1CCN(CC(=O)Cc2ccc(F)cc2)CC1O. The number of benzene rings is 1. The zero-order valence-corrected chi connectivity index (χ0v) is 11.2. The number of piperidine rings is 1. The molecule has 0 saturated carbocycles. The molecule has 104 valence electrons. The van der Waals surface area contributed by atoms with Crippen molar-refractivity contribution in [1.29, 1.82) is 0 Å². The second-order valence-electron chi connectivity index (χ2n) is 5.41. The topological polar surface area (TPSA) is 40.5 Å². The van der Waals surface area contributed by atoms with Crippen LogP contribution in [0, 0.1) is 11.7 Å². The highest BCUT2D eigenvalue weighted by Gasteiger charge is 2.25. The van der Waals surface area contributed by atoms with Gasteiger partial charge in [-0.05, 0) is 36.6 Å². The van der Waals surface area contributed by atoms with Gasteiger partial charge in [-0.25, -0.2) is 4.39 Å². The molecular weight excluding hydrogens is 245 g/mol. The maximum atomic E-state index is 12.8. The summed E-state index contributed by atoms with van der Waals surface area (Å²) in [4.78, 5) is 13.9. The van der Waals surface area contributed by atoms with Crippen LogP contribution in [0.2, 0.25) is 0 Å². The van der Waals surface area contributed by atoms with Crippen molar-refractivity contribution in [1.82, 2.24) is 4.90 Å². The molecule has 2 rings (SSSR count). The maximum Gasteiger partial charge on any atom is 0.151 e. The van der Waals surface area contributed by atoms with Crippen molar-refractivity contribution in [2.45, 2.75) is 25.9 Å². The summed E-state index contributed by atoms with van der Waals surface area (Å²) >= 11 is 0. The highest BCUT2D eigenvalue weighted by atomic mass is 19.1. The summed E-state index contributed by atoms with van der Waals surface area (Å²) in [6, 6.07) is 6.02. The molecule has 1 fully saturated rings. The van der Waals surface area contributed by atoms with Crippen LogP contribution in [0.3, 0.4) is 0 Å². The Labute approximate surface area is 113 Å². The fraction of sp³-hybridized carbons (Fsp3) is 0.533. The van der Waals surface area contributed by atoms with Crippen molar-refractivity contribution in [3.63, 3.8) is 0 Å². The van der Waals surface area contributed by atoms with E-state index < -0.39 is 0 Å². The van der Waals surface area contributed by atoms with Gasteiger partial charge in [-0.1, -0.05) is 19.1 Å². The minimum Gasteiger partial charge on any atom is -0.392 e. The van der Waals surface area contributed by atoms with E-state index in [9.17, 15) is 14.3 Å². The number of carbonyl (C=O) groups is 1. The van der Waals surface area contributed by atoms with Crippen LogP contribution in [0.25, 0.3) is 0 Å². The molecule has 0 amide bonds. The van der Waals surface area contributed by atoms with Gasteiger partial charge in [-0.3, -0.25) is 9.69 Å². The number of hydrogen-bond donors (Lipinski definition) is 1. The molecule has 1 aromatic rings. The zero-order chi connectivity index (χ0) is 13.8. The molecule has 0 radical (unpaired) electrons. The van der Waals surface area contributed by atoms with E-state index >= 15 is 0 Å². The van der Waals surface area contributed by atoms with Gasteiger partial charge in [0.2, 0.25) is 0 Å². The van der Waals surface area contributed by atoms with E-state index in [0.717, 1.165) is 18.5 Å². The molecule has 1 aromatic carbocycles. The van der Waals surface area contributed by atoms with Gasteiger partial charge in [0.15, 0.2) is 5.78 Å². The molecule has 2 atom stereocenters. The van der Waals surface area contributed by atoms with Gasteiger partial charge in [0, 0.05) is 13.0 Å². The third-order valence-corrected chi connectivity index (χ3v) is 3.72. The van der Waals surface area contributed by atoms with Gasteiger partial charge in [0.05, 0.1) is 12.6 Å². The molecule has 1 aliphatic heterocycles. The quantitative estimate of drug-likeness (QED) is 0.899. The van der Waals surface area contributed by atoms with E-state index in [1.165, 1.54) is 12.1 Å². The van der Waals surface area contributed by atoms with Crippen molar-refractivity contribution in [3.05, 3.63) is 35.6 Å². The zero-order valence-electron chi connectivity index (χ0n) is 11.2. The molecule has 1 heterocycles. The molecule has 1 aliphatic rings. The van der Waals surface area contributed by atoms with Crippen LogP contribution in [-0.2, 0) is 11.2 Å². The van der Waals surface area contributed by atoms with Crippen LogP contribution in [0.15, 0.2) is 24.3 Å². The fourth-order valence-corrected chi connectivity index (χ4v) is 2.39. The summed E-state index contributed by atoms with van der Waals surface area (Å²) in [5.74, 6) is 0.126. The van der Waals surface area contributed by atoms with E-state index in [1.807, 2.05) is 11.8 Å². The van der Waals surface area contributed by atoms with Crippen molar-refractivity contribution < 1.29 is 14.3 Å². The molecule has 0 aliphatic carbocycles. The second kappa shape index (κ2) is 6.26. The average molecular weight is 265 g/mol. The van der Waals surface area contributed by atoms with Crippen LogP contribution >= 0.6 is 0 Å². The summed E-state index contributed by atoms with van der Waals surface area (Å²) < 4.78 is 12.8. The lowest BCUT2D eigenvalue weighted by Gasteiger charge is -2.33. The van der Waals surface area contributed by atoms with Crippen LogP contribution in [0.4, 0.5) is 4.39 Å². The molecule has 1 N–H and O–H groups in total. The number of carbonyl (C=O) groups excluding carboxylic acids is 1. The molecule has 3 nitrogen and oxygen atoms in total. The first-order valence-electron chi connectivity index (χ1n) is 6.71. The fourth-order valence-electron chi connectivity index (χ4n) is 2.39. The Morgan fingerprint density at radius 2 is 2.11 bits per heavy atom. The van der Waals surface area contributed by atoms with Gasteiger partial charge < -0.3 is 5.11 Å². The first-order chi connectivity index (χ1) is 9.04. The number of aliphatic hydroxyl groups excluding tert-OH is 1. The highest BCUT2D eigenvalue weighted by Crippen LogP contribution is 2.16. The van der Waals surface area contributed by atoms with Gasteiger partial charge in [-0.2, -0.15) is 0 Å². The standard InChI is InChI=1S/C15H20FNO2/c1-11-6-7-17(10-15(11)19)9-14(18)8-12-2-4-13(16)5-3-12/h2-5,11,15,19H,6-10H2,1H3. The van der Waals surface area contributed by atoms with Crippen molar-refractivity contribution in [2.75, 3.05) is 19.6 Å². The Bertz CT molecular complexity index is 432. The Balaban J connectivity index is 1.83. The predicted molar refractivity (Wildman–Crippen MR) is 71.3 cm³/mol. The minimum absolute atomic E-state index is 0.105. The molecule has 19 heavy (non-hydrogen) atoms. The Morgan fingerprint density at radius 3 is 2.74 bits per heavy atom. The molecule has 0 spiro atoms. The van der Waals surface area contributed by atoms with Gasteiger partial charge in [0.25, 0.3) is 0 Å². The molecule has 1 saturated heterocycles. The number of β-amino-alcohol motifs (C(OH)–C–C–N with tert-alkyl or cyclic N) is 1. The number of rotatable bonds is 4. The van der Waals surface area contributed by atoms with E-state index in [1.54, 1.807) is 12.1 Å². The highest BCUT2D eigenvalue weighted by molar-refractivity contribution is 5.82. The summed E-state index contributed by atoms with van der Waals surface area (Å²) in [6.07, 6.45) is 0.903. The lowest BCUT2D eigenvalue weighted by atomic mass is 9.96. The maximum absolute atomic E-state index is 12.8. The van der Waals surface area contributed by atoms with E-state index in [0.29, 0.717) is 25.4 Å². The first-order valence-corrected chi connectivity index (χ1v) is 6.71. The number of halogens is 1. The van der Waals surface area contributed by atoms with Crippen molar-refractivity contribution in [3.8, 4) is 0 Å². The first kappa shape index (κ1) is 14.2. The third-order valence-electron chi connectivity index (χ3n) is 3.72. The Kier molecular flexibility index (Phi) is 4.66. The van der Waals surface area contributed by atoms with Crippen molar-refractivity contribution in [2.24, 2.45) is 5.92 Å². The lowest BCUT2D eigenvalue weighted by molar-refractivity contribution is -0.120. The summed E-state index contributed by atoms with van der Waals surface area (Å²) in [5, 5.41) is 9.79. The van der Waals surface area contributed by atoms with Crippen LogP contribution < -0.4 is 0 Å². The number of aliphatic hydroxyl groups is 1. The monoisotopic (exact) mass is 265 g/mol. The number of likely N-dealkylation sites (tertiary alicyclic amines) is 1. The van der Waals surface area contributed by atoms with Crippen LogP contribution in [0.1, 0.15) is 18.9 Å². The van der Waals surface area contributed by atoms with Crippen molar-refractivity contribution >= 4 is 5.78 Å². The number of Topliss-reactive ketones (excluding diaryl/α,β-unsaturated/α-hetero) is 1. The summed E-state index contributed by atoms with van der Waals surface area (Å²) in [5.41, 5.74) is 0.831. The van der Waals surface area contributed by atoms with Gasteiger partial charge in [0.1, 0.15) is 5.82 Å². The average Bonchev–Trinajstić information content (AvgIpc) is 2.37. The summed E-state index contributed by atoms with van der Waals surface area (Å²) in [7, 11) is 0. The predicted octanol–water partition coefficient (Wildman–Crippen LogP) is 1.64. The number of ketones is 1. The Morgan fingerprint density at radius 1 is 1.42 bits per heavy atom. The summed E-state index contributed by atoms with van der Waals surface area (Å²) in [6.45, 7) is 3.81. The van der Waals surface area contributed by atoms with E-state index in [-0.39, 0.29) is 17.7 Å². The van der Waals surface area contributed by atoms with Gasteiger partial charge >= 0.3 is 0 Å². The minimum atomic E-state index is -0.340. The smallest absolute Gasteiger partial charge is 0.151 e. The second-order valence-corrected chi connectivity index (χ2v) is 5.41. The molecule has 4 heteroatoms. The molecular formula is C15H20FNO2. The van der Waals surface area contributed by atoms with E-state index in [4.69, 9.17) is 0 Å². The number of hydrogen-bond acceptors (Lipinski definition) is 3. The lowest BCUT2D eigenvalue weighted by Crippen LogP contribution is -2.45. The Hall–Kier alpha value is -1.26.